The summed E-state index contributed by atoms with van der Waals surface area (Å²) in [7, 11) is 2.78. The molecule has 2 N–H and O–H groups in total. The number of nitrogens with one attached hydrogen (secondary N) is 2. The van der Waals surface area contributed by atoms with E-state index in [9.17, 15) is 0 Å². The molecule has 0 radical (unpaired) electrons. The number of hydrogen-bond donors (Lipinski definition) is 2. The molecule has 1 fully saturated rings. The third-order valence-electron chi connectivity index (χ3n) is 5.41. The van der Waals surface area contributed by atoms with Gasteiger partial charge in [-0.3, -0.25) is 4.99 Å². The number of benzene rings is 1. The Kier molecular flexibility index (Phi) is 7.41. The van der Waals surface area contributed by atoms with Crippen molar-refractivity contribution < 1.29 is 0 Å². The van der Waals surface area contributed by atoms with Gasteiger partial charge >= 0.3 is 0 Å². The molecule has 152 valence electrons. The molecule has 0 bridgehead atoms. The van der Waals surface area contributed by atoms with Crippen molar-refractivity contribution in [3.05, 3.63) is 83.4 Å². The van der Waals surface area contributed by atoms with Crippen LogP contribution in [0.1, 0.15) is 25.8 Å². The van der Waals surface area contributed by atoms with Gasteiger partial charge in [0.1, 0.15) is 0 Å². The number of aryl methyl sites for hydroxylation is 1. The number of anilines is 1. The number of aliphatic imine (C=N–C) groups is 1. The van der Waals surface area contributed by atoms with Crippen LogP contribution in [0.5, 0.6) is 0 Å². The van der Waals surface area contributed by atoms with Crippen LogP contribution < -0.4 is 10.6 Å². The number of allylic oxidation sites excluding steroid dienone is 7. The summed E-state index contributed by atoms with van der Waals surface area (Å²) in [5.41, 5.74) is 5.51. The van der Waals surface area contributed by atoms with Crippen molar-refractivity contribution in [1.29, 1.82) is 0 Å². The van der Waals surface area contributed by atoms with Crippen LogP contribution in [0.25, 0.3) is 0 Å². The molecule has 3 nitrogen and oxygen atoms in total. The highest BCUT2D eigenvalue weighted by Crippen LogP contribution is 2.34. The van der Waals surface area contributed by atoms with Gasteiger partial charge in [-0.05, 0) is 42.8 Å². The molecule has 1 heterocycles. The number of rotatable bonds is 7. The Balaban J connectivity index is 1.73. The lowest BCUT2D eigenvalue weighted by molar-refractivity contribution is 0.314. The van der Waals surface area contributed by atoms with Gasteiger partial charge in [-0.15, -0.1) is 9.24 Å². The summed E-state index contributed by atoms with van der Waals surface area (Å²) in [6, 6.07) is 6.46. The molecule has 1 aromatic carbocycles. The lowest BCUT2D eigenvalue weighted by Crippen LogP contribution is -2.55. The maximum absolute atomic E-state index is 4.78. The van der Waals surface area contributed by atoms with E-state index in [1.54, 1.807) is 0 Å². The Bertz CT molecular complexity index is 905. The van der Waals surface area contributed by atoms with Gasteiger partial charge in [0.05, 0.1) is 17.4 Å². The summed E-state index contributed by atoms with van der Waals surface area (Å²) in [5, 5.41) is 8.33. The van der Waals surface area contributed by atoms with Gasteiger partial charge in [-0.1, -0.05) is 62.1 Å². The highest BCUT2D eigenvalue weighted by Gasteiger charge is 2.34. The molecule has 3 rings (SSSR count). The average molecular weight is 406 g/mol. The monoisotopic (exact) mass is 405 g/mol. The van der Waals surface area contributed by atoms with Crippen molar-refractivity contribution in [2.45, 2.75) is 33.2 Å². The molecule has 4 atom stereocenters. The van der Waals surface area contributed by atoms with Crippen LogP contribution in [0.4, 0.5) is 11.4 Å². The zero-order chi connectivity index (χ0) is 20.8. The second-order valence-electron chi connectivity index (χ2n) is 7.75. The molecule has 1 aliphatic carbocycles. The molecular formula is C25H32N3P. The summed E-state index contributed by atoms with van der Waals surface area (Å²) in [6.45, 7) is 11.6. The second kappa shape index (κ2) is 10.0. The molecule has 1 aromatic rings. The smallest absolute Gasteiger partial charge is 0.0889 e. The lowest BCUT2D eigenvalue weighted by Gasteiger charge is -2.40. The summed E-state index contributed by atoms with van der Waals surface area (Å²) >= 11 is 0. The summed E-state index contributed by atoms with van der Waals surface area (Å²) in [5.74, 6) is 0.750. The molecule has 2 aliphatic rings. The highest BCUT2D eigenvalue weighted by molar-refractivity contribution is 7.22. The van der Waals surface area contributed by atoms with Gasteiger partial charge < -0.3 is 10.6 Å². The Morgan fingerprint density at radius 2 is 2.17 bits per heavy atom. The first-order valence-corrected chi connectivity index (χ1v) is 10.9. The summed E-state index contributed by atoms with van der Waals surface area (Å²) in [6.07, 6.45) is 16.1. The van der Waals surface area contributed by atoms with Crippen LogP contribution in [0, 0.1) is 18.8 Å². The van der Waals surface area contributed by atoms with Crippen LogP contribution in [-0.4, -0.2) is 18.8 Å². The maximum Gasteiger partial charge on any atom is 0.0889 e. The van der Waals surface area contributed by atoms with Crippen LogP contribution >= 0.6 is 9.24 Å². The molecule has 0 aromatic heterocycles. The van der Waals surface area contributed by atoms with Crippen LogP contribution in [0.2, 0.25) is 0 Å². The molecule has 1 aliphatic heterocycles. The zero-order valence-electron chi connectivity index (χ0n) is 17.7. The number of para-hydroxylation sites is 1. The summed E-state index contributed by atoms with van der Waals surface area (Å²) in [4.78, 5) is 4.78. The molecule has 4 heteroatoms. The van der Waals surface area contributed by atoms with E-state index in [0.29, 0.717) is 11.8 Å². The normalized spacial score (nSPS) is 22.8. The van der Waals surface area contributed by atoms with E-state index in [-0.39, 0.29) is 6.04 Å². The maximum atomic E-state index is 4.78. The topological polar surface area (TPSA) is 36.4 Å². The van der Waals surface area contributed by atoms with Gasteiger partial charge in [-0.25, -0.2) is 0 Å². The predicted molar refractivity (Wildman–Crippen MR) is 131 cm³/mol. The Hall–Kier alpha value is -2.22. The first-order valence-electron chi connectivity index (χ1n) is 10.3. The first kappa shape index (κ1) is 21.5. The van der Waals surface area contributed by atoms with Crippen molar-refractivity contribution in [2.75, 3.05) is 11.9 Å². The van der Waals surface area contributed by atoms with E-state index >= 15 is 0 Å². The number of hydrogen-bond acceptors (Lipinski definition) is 3. The van der Waals surface area contributed by atoms with E-state index in [1.165, 1.54) is 10.9 Å². The Morgan fingerprint density at radius 3 is 2.90 bits per heavy atom. The van der Waals surface area contributed by atoms with E-state index in [4.69, 9.17) is 4.99 Å². The van der Waals surface area contributed by atoms with E-state index in [0.717, 1.165) is 35.6 Å². The summed E-state index contributed by atoms with van der Waals surface area (Å²) < 4.78 is 0. The van der Waals surface area contributed by atoms with E-state index < -0.39 is 0 Å². The van der Waals surface area contributed by atoms with Gasteiger partial charge in [0.15, 0.2) is 0 Å². The fourth-order valence-corrected chi connectivity index (χ4v) is 3.92. The van der Waals surface area contributed by atoms with Crippen molar-refractivity contribution in [1.82, 2.24) is 5.32 Å². The van der Waals surface area contributed by atoms with Crippen LogP contribution in [-0.2, 0) is 0 Å². The minimum atomic E-state index is 0.219. The minimum absolute atomic E-state index is 0.219. The van der Waals surface area contributed by atoms with Crippen LogP contribution in [0.3, 0.4) is 0 Å². The van der Waals surface area contributed by atoms with Crippen molar-refractivity contribution in [3.63, 3.8) is 0 Å². The molecule has 0 spiro atoms. The fraction of sp³-hybridized carbons (Fsp3) is 0.320. The van der Waals surface area contributed by atoms with Crippen molar-refractivity contribution >= 4 is 26.8 Å². The Labute approximate surface area is 177 Å². The zero-order valence-corrected chi connectivity index (χ0v) is 18.8. The van der Waals surface area contributed by atoms with Crippen molar-refractivity contribution in [2.24, 2.45) is 16.8 Å². The fourth-order valence-electron chi connectivity index (χ4n) is 3.69. The highest BCUT2D eigenvalue weighted by atomic mass is 31.0. The molecular weight excluding hydrogens is 373 g/mol. The minimum Gasteiger partial charge on any atom is -0.356 e. The predicted octanol–water partition coefficient (Wildman–Crippen LogP) is 6.07. The molecule has 29 heavy (non-hydrogen) atoms. The second-order valence-corrected chi connectivity index (χ2v) is 8.42. The van der Waals surface area contributed by atoms with Gasteiger partial charge in [0, 0.05) is 30.3 Å². The largest absolute Gasteiger partial charge is 0.356 e. The quantitative estimate of drug-likeness (QED) is 0.328. The van der Waals surface area contributed by atoms with Gasteiger partial charge in [0.2, 0.25) is 0 Å². The molecule has 0 saturated carbocycles. The molecule has 0 amide bonds. The van der Waals surface area contributed by atoms with Crippen molar-refractivity contribution in [3.8, 4) is 0 Å². The average Bonchev–Trinajstić information content (AvgIpc) is 2.85. The standard InChI is InChI=1S/C25H32N3P/c1-5-8-17(2)15-26-24-18(3)9-6-12-23(24)28-19(4)25-22(16-27-25)20-10-7-11-21(29)14-13-20/h5-6,8-15,17,22,25,27-28H,4,7,16,29H2,1-3H3/b8-5-,26-15?. The molecule has 4 unspecified atom stereocenters. The van der Waals surface area contributed by atoms with E-state index in [1.807, 2.05) is 13.1 Å². The van der Waals surface area contributed by atoms with Gasteiger partial charge in [0.25, 0.3) is 0 Å². The first-order chi connectivity index (χ1) is 14.0. The lowest BCUT2D eigenvalue weighted by atomic mass is 9.82. The van der Waals surface area contributed by atoms with Crippen LogP contribution in [0.15, 0.2) is 82.8 Å². The number of nitrogens with zero attached hydrogens (tertiary/aromatic N) is 1. The SMILES string of the molecule is C=C(Nc1cccc(C)c1N=CC(C)/C=C\C)C1NCC1C1=CCC=C(P)C=C1. The third-order valence-corrected chi connectivity index (χ3v) is 5.83. The Morgan fingerprint density at radius 1 is 1.34 bits per heavy atom. The van der Waals surface area contributed by atoms with Gasteiger partial charge in [-0.2, -0.15) is 0 Å². The molecule has 1 saturated heterocycles. The third kappa shape index (κ3) is 5.44. The van der Waals surface area contributed by atoms with E-state index in [2.05, 4.69) is 95.0 Å².